The molecule has 2 bridgehead atoms. The lowest BCUT2D eigenvalue weighted by Gasteiger charge is -2.37. The highest BCUT2D eigenvalue weighted by atomic mass is 35.5. The van der Waals surface area contributed by atoms with Crippen LogP contribution in [0.25, 0.3) is 0 Å². The van der Waals surface area contributed by atoms with Crippen LogP contribution in [0.1, 0.15) is 0 Å². The molecule has 0 aliphatic carbocycles. The van der Waals surface area contributed by atoms with Crippen molar-refractivity contribution in [1.29, 1.82) is 0 Å². The van der Waals surface area contributed by atoms with Crippen LogP contribution in [0.4, 0.5) is 0 Å². The maximum absolute atomic E-state index is 6.13. The molecule has 0 atom stereocenters. The van der Waals surface area contributed by atoms with E-state index in [1.54, 1.807) is 12.1 Å². The predicted octanol–water partition coefficient (Wildman–Crippen LogP) is 2.88. The summed E-state index contributed by atoms with van der Waals surface area (Å²) in [5, 5.41) is 1.16. The van der Waals surface area contributed by atoms with Gasteiger partial charge in [-0.05, 0) is 12.1 Å². The molecule has 3 saturated heterocycles. The number of nitrogens with zero attached hydrogens (tertiary/aromatic N) is 1. The Balaban J connectivity index is 1.73. The minimum atomic E-state index is -2.87. The van der Waals surface area contributed by atoms with Gasteiger partial charge in [-0.15, -0.1) is 0 Å². The molecule has 1 aromatic carbocycles. The van der Waals surface area contributed by atoms with Crippen LogP contribution in [0.5, 0.6) is 5.75 Å². The Hall–Kier alpha value is -0.0531. The molecule has 0 amide bonds. The van der Waals surface area contributed by atoms with Crippen LogP contribution in [-0.4, -0.2) is 59.4 Å². The number of fused-ring (bicyclic) bond motifs is 6. The molecule has 4 rings (SSSR count). The van der Waals surface area contributed by atoms with E-state index in [4.69, 9.17) is 52.8 Å². The molecule has 1 aromatic rings. The summed E-state index contributed by atoms with van der Waals surface area (Å²) in [6.07, 6.45) is 0.175. The topological polar surface area (TPSA) is 40.2 Å². The van der Waals surface area contributed by atoms with E-state index in [0.717, 1.165) is 19.6 Å². The third-order valence-corrected chi connectivity index (χ3v) is 6.75. The van der Waals surface area contributed by atoms with Crippen molar-refractivity contribution < 1.29 is 18.0 Å². The molecule has 3 aliphatic heterocycles. The lowest BCUT2D eigenvalue weighted by molar-refractivity contribution is -0.0175. The van der Waals surface area contributed by atoms with Crippen molar-refractivity contribution in [2.75, 3.05) is 45.7 Å². The number of hydrogen-bond acceptors (Lipinski definition) is 5. The van der Waals surface area contributed by atoms with Gasteiger partial charge in [-0.2, -0.15) is 0 Å². The summed E-state index contributed by atoms with van der Waals surface area (Å²) in [6.45, 7) is 4.34. The monoisotopic (exact) mass is 383 g/mol. The zero-order valence-electron chi connectivity index (χ0n) is 11.8. The summed E-state index contributed by atoms with van der Waals surface area (Å²) in [6, 6.07) is 3.17. The Bertz CT molecular complexity index is 498. The molecule has 0 spiro atoms. The molecule has 0 unspecified atom stereocenters. The minimum Gasteiger partial charge on any atom is -0.486 e. The van der Waals surface area contributed by atoms with E-state index >= 15 is 0 Å². The first-order valence-corrected chi connectivity index (χ1v) is 10.1. The van der Waals surface area contributed by atoms with Crippen molar-refractivity contribution in [3.8, 4) is 5.75 Å². The molecular weight excluding hydrogens is 369 g/mol. The predicted molar refractivity (Wildman–Crippen MR) is 87.0 cm³/mol. The van der Waals surface area contributed by atoms with Gasteiger partial charge in [0.15, 0.2) is 12.0 Å². The van der Waals surface area contributed by atoms with Crippen LogP contribution in [0.2, 0.25) is 15.1 Å². The summed E-state index contributed by atoms with van der Waals surface area (Å²) >= 11 is 18.2. The van der Waals surface area contributed by atoms with Crippen molar-refractivity contribution >= 4 is 43.6 Å². The Morgan fingerprint density at radius 1 is 0.955 bits per heavy atom. The van der Waals surface area contributed by atoms with E-state index in [2.05, 4.69) is 4.90 Å². The van der Waals surface area contributed by atoms with Crippen LogP contribution < -0.4 is 4.74 Å². The number of ether oxygens (including phenoxy) is 1. The zero-order valence-corrected chi connectivity index (χ0v) is 15.1. The van der Waals surface area contributed by atoms with Crippen LogP contribution >= 0.6 is 34.8 Å². The standard InChI is InChI=1S/C13H16Cl3NO4Si/c14-10-7-11(15)13(12(16)8-10)18-9-22-19-4-1-17(2-5-20-22)3-6-21-22/h7-8H,1-6,9H2. The Labute approximate surface area is 145 Å². The van der Waals surface area contributed by atoms with Gasteiger partial charge in [0.1, 0.15) is 0 Å². The van der Waals surface area contributed by atoms with E-state index in [1.165, 1.54) is 0 Å². The van der Waals surface area contributed by atoms with Crippen molar-refractivity contribution in [3.05, 3.63) is 27.2 Å². The molecule has 3 aliphatic rings. The summed E-state index contributed by atoms with van der Waals surface area (Å²) in [5.41, 5.74) is 0. The lowest BCUT2D eigenvalue weighted by Crippen LogP contribution is -2.58. The first kappa shape index (κ1) is 16.8. The van der Waals surface area contributed by atoms with E-state index in [1.807, 2.05) is 0 Å². The first-order valence-electron chi connectivity index (χ1n) is 7.00. The van der Waals surface area contributed by atoms with Crippen LogP contribution in [0, 0.1) is 0 Å². The second-order valence-corrected chi connectivity index (χ2v) is 8.83. The van der Waals surface area contributed by atoms with Gasteiger partial charge in [0, 0.05) is 24.7 Å². The fourth-order valence-corrected chi connectivity index (χ4v) is 5.36. The van der Waals surface area contributed by atoms with Crippen molar-refractivity contribution in [3.63, 3.8) is 0 Å². The smallest absolute Gasteiger partial charge is 0.486 e. The quantitative estimate of drug-likeness (QED) is 0.750. The lowest BCUT2D eigenvalue weighted by atomic mass is 10.3. The number of hydrogen-bond donors (Lipinski definition) is 0. The Morgan fingerprint density at radius 2 is 1.45 bits per heavy atom. The van der Waals surface area contributed by atoms with Gasteiger partial charge in [-0.1, -0.05) is 34.8 Å². The van der Waals surface area contributed by atoms with E-state index in [-0.39, 0.29) is 6.23 Å². The average Bonchev–Trinajstić information content (AvgIpc) is 2.37. The summed E-state index contributed by atoms with van der Waals surface area (Å²) in [7, 11) is -2.87. The van der Waals surface area contributed by atoms with Gasteiger partial charge in [-0.3, -0.25) is 4.90 Å². The Kier molecular flexibility index (Phi) is 5.52. The zero-order chi connectivity index (χ0) is 15.6. The van der Waals surface area contributed by atoms with Gasteiger partial charge >= 0.3 is 8.80 Å². The van der Waals surface area contributed by atoms with Gasteiger partial charge in [0.05, 0.1) is 29.9 Å². The molecule has 122 valence electrons. The largest absolute Gasteiger partial charge is 0.540 e. The maximum atomic E-state index is 6.13. The molecule has 22 heavy (non-hydrogen) atoms. The van der Waals surface area contributed by atoms with Gasteiger partial charge in [0.25, 0.3) is 0 Å². The normalized spacial score (nSPS) is 28.8. The molecule has 3 fully saturated rings. The number of benzene rings is 1. The summed E-state index contributed by atoms with van der Waals surface area (Å²) in [5.74, 6) is 0.371. The third kappa shape index (κ3) is 3.88. The van der Waals surface area contributed by atoms with E-state index < -0.39 is 8.80 Å². The van der Waals surface area contributed by atoms with Crippen molar-refractivity contribution in [2.24, 2.45) is 0 Å². The molecule has 3 heterocycles. The van der Waals surface area contributed by atoms with E-state index in [9.17, 15) is 0 Å². The number of halogens is 3. The average molecular weight is 385 g/mol. The van der Waals surface area contributed by atoms with Crippen LogP contribution in [0.3, 0.4) is 0 Å². The minimum absolute atomic E-state index is 0.175. The number of rotatable bonds is 3. The summed E-state index contributed by atoms with van der Waals surface area (Å²) < 4.78 is 23.4. The molecule has 0 radical (unpaired) electrons. The van der Waals surface area contributed by atoms with Crippen LogP contribution in [0.15, 0.2) is 12.1 Å². The van der Waals surface area contributed by atoms with Crippen LogP contribution in [-0.2, 0) is 13.3 Å². The molecule has 5 nitrogen and oxygen atoms in total. The van der Waals surface area contributed by atoms with Gasteiger partial charge in [-0.25, -0.2) is 0 Å². The summed E-state index contributed by atoms with van der Waals surface area (Å²) in [4.78, 5) is 2.26. The van der Waals surface area contributed by atoms with Crippen molar-refractivity contribution in [1.82, 2.24) is 4.90 Å². The maximum Gasteiger partial charge on any atom is 0.540 e. The molecular formula is C13H16Cl3NO4Si. The SMILES string of the molecule is Clc1cc(Cl)c(OC[Si]23OCCN(CCO2)CCO3)c(Cl)c1. The molecule has 0 saturated carbocycles. The van der Waals surface area contributed by atoms with Crippen molar-refractivity contribution in [2.45, 2.75) is 0 Å². The second kappa shape index (κ2) is 7.23. The first-order chi connectivity index (χ1) is 10.6. The second-order valence-electron chi connectivity index (χ2n) is 5.06. The molecule has 9 heteroatoms. The van der Waals surface area contributed by atoms with E-state index in [0.29, 0.717) is 40.6 Å². The highest BCUT2D eigenvalue weighted by Crippen LogP contribution is 2.36. The fourth-order valence-electron chi connectivity index (χ4n) is 2.40. The third-order valence-electron chi connectivity index (χ3n) is 3.54. The molecule has 0 aromatic heterocycles. The molecule has 0 N–H and O–H groups in total. The highest BCUT2D eigenvalue weighted by Gasteiger charge is 2.45. The van der Waals surface area contributed by atoms with Gasteiger partial charge < -0.3 is 18.0 Å². The Morgan fingerprint density at radius 3 is 1.95 bits per heavy atom. The fraction of sp³-hybridized carbons (Fsp3) is 0.538. The van der Waals surface area contributed by atoms with Gasteiger partial charge in [0.2, 0.25) is 0 Å². The highest BCUT2D eigenvalue weighted by molar-refractivity contribution is 6.60.